The van der Waals surface area contributed by atoms with Crippen molar-refractivity contribution < 1.29 is 8.83 Å². The van der Waals surface area contributed by atoms with Gasteiger partial charge in [0.2, 0.25) is 0 Å². The molecule has 4 heterocycles. The van der Waals surface area contributed by atoms with Crippen molar-refractivity contribution in [2.75, 3.05) is 0 Å². The van der Waals surface area contributed by atoms with E-state index >= 15 is 0 Å². The predicted octanol–water partition coefficient (Wildman–Crippen LogP) is 15.0. The van der Waals surface area contributed by atoms with Gasteiger partial charge in [0.05, 0.1) is 27.8 Å². The number of aromatic nitrogens is 2. The van der Waals surface area contributed by atoms with Crippen molar-refractivity contribution in [3.8, 4) is 33.6 Å². The second-order valence-corrected chi connectivity index (χ2v) is 15.2. The maximum atomic E-state index is 6.79. The number of rotatable bonds is 4. The van der Waals surface area contributed by atoms with E-state index in [0.29, 0.717) is 0 Å². The standard InChI is InChI=1S/C54H32N2O2/c1-2-15-33(16-3-1)55-46-26-8-5-18-35(46)45-31-43(42-24-13-23-40-36-19-6-10-29-50(36)57-53(40)42)44(32-49(45)55)39-22-12-21-38-34-17-4-9-27-47(34)56(52(38)39)48-28-14-25-41-37-20-7-11-30-51(37)58-54(41)48/h1-32H. The van der Waals surface area contributed by atoms with Gasteiger partial charge >= 0.3 is 0 Å². The van der Waals surface area contributed by atoms with Crippen LogP contribution in [0, 0.1) is 0 Å². The quantitative estimate of drug-likeness (QED) is 0.180. The van der Waals surface area contributed by atoms with Crippen LogP contribution in [0.3, 0.4) is 0 Å². The molecule has 0 unspecified atom stereocenters. The lowest BCUT2D eigenvalue weighted by Crippen LogP contribution is -1.98. The molecule has 0 saturated heterocycles. The number of hydrogen-bond donors (Lipinski definition) is 0. The lowest BCUT2D eigenvalue weighted by Gasteiger charge is -2.17. The van der Waals surface area contributed by atoms with Crippen molar-refractivity contribution in [3.63, 3.8) is 0 Å². The SMILES string of the molecule is c1ccc(-n2c3ccccc3c3cc(-c4cccc5c4oc4ccccc45)c(-c4cccc5c6ccccc6n(-c6cccc7c6oc6ccccc67)c45)cc32)cc1. The van der Waals surface area contributed by atoms with Gasteiger partial charge in [-0.05, 0) is 65.7 Å². The molecule has 0 atom stereocenters. The zero-order chi connectivity index (χ0) is 37.9. The molecular weight excluding hydrogens is 709 g/mol. The summed E-state index contributed by atoms with van der Waals surface area (Å²) in [6.07, 6.45) is 0. The van der Waals surface area contributed by atoms with Crippen molar-refractivity contribution in [1.82, 2.24) is 9.13 Å². The Bertz CT molecular complexity index is 3800. The largest absolute Gasteiger partial charge is 0.455 e. The predicted molar refractivity (Wildman–Crippen MR) is 241 cm³/mol. The van der Waals surface area contributed by atoms with Gasteiger partial charge in [-0.2, -0.15) is 0 Å². The fourth-order valence-electron chi connectivity index (χ4n) is 9.67. The number of para-hydroxylation sites is 8. The zero-order valence-corrected chi connectivity index (χ0v) is 31.2. The third-order valence-corrected chi connectivity index (χ3v) is 12.1. The van der Waals surface area contributed by atoms with Gasteiger partial charge in [-0.1, -0.05) is 140 Å². The average Bonchev–Trinajstić information content (AvgIpc) is 4.04. The van der Waals surface area contributed by atoms with Crippen molar-refractivity contribution in [2.24, 2.45) is 0 Å². The molecule has 0 N–H and O–H groups in total. The van der Waals surface area contributed by atoms with E-state index in [2.05, 4.69) is 191 Å². The highest BCUT2D eigenvalue weighted by Crippen LogP contribution is 2.48. The molecule has 0 saturated carbocycles. The fourth-order valence-corrected chi connectivity index (χ4v) is 9.67. The number of furan rings is 2. The third kappa shape index (κ3) is 4.29. The maximum absolute atomic E-state index is 6.79. The molecular formula is C54H32N2O2. The Hall–Kier alpha value is -7.82. The van der Waals surface area contributed by atoms with Crippen LogP contribution in [-0.4, -0.2) is 9.13 Å². The van der Waals surface area contributed by atoms with Crippen molar-refractivity contribution in [2.45, 2.75) is 0 Å². The first-order valence-electron chi connectivity index (χ1n) is 19.8. The van der Waals surface area contributed by atoms with Gasteiger partial charge in [0.15, 0.2) is 5.58 Å². The summed E-state index contributed by atoms with van der Waals surface area (Å²) in [4.78, 5) is 0. The zero-order valence-electron chi connectivity index (χ0n) is 31.2. The average molecular weight is 741 g/mol. The minimum Gasteiger partial charge on any atom is -0.455 e. The summed E-state index contributed by atoms with van der Waals surface area (Å²) in [5.41, 5.74) is 14.6. The second-order valence-electron chi connectivity index (χ2n) is 15.2. The number of benzene rings is 9. The summed E-state index contributed by atoms with van der Waals surface area (Å²) in [7, 11) is 0. The first-order chi connectivity index (χ1) is 28.8. The van der Waals surface area contributed by atoms with Crippen LogP contribution < -0.4 is 0 Å². The van der Waals surface area contributed by atoms with Crippen LogP contribution in [0.2, 0.25) is 0 Å². The summed E-state index contributed by atoms with van der Waals surface area (Å²) in [6, 6.07) is 69.5. The minimum absolute atomic E-state index is 0.869. The lowest BCUT2D eigenvalue weighted by molar-refractivity contribution is 0.666. The van der Waals surface area contributed by atoms with Crippen LogP contribution in [0.15, 0.2) is 203 Å². The van der Waals surface area contributed by atoms with E-state index in [0.717, 1.165) is 99.6 Å². The van der Waals surface area contributed by atoms with Gasteiger partial charge in [-0.15, -0.1) is 0 Å². The first-order valence-corrected chi connectivity index (χ1v) is 19.8. The molecule has 58 heavy (non-hydrogen) atoms. The van der Waals surface area contributed by atoms with Crippen LogP contribution >= 0.6 is 0 Å². The molecule has 4 heteroatoms. The van der Waals surface area contributed by atoms with Crippen LogP contribution in [0.1, 0.15) is 0 Å². The van der Waals surface area contributed by atoms with Crippen LogP contribution in [0.5, 0.6) is 0 Å². The summed E-state index contributed by atoms with van der Waals surface area (Å²) < 4.78 is 18.4. The molecule has 0 radical (unpaired) electrons. The number of nitrogens with zero attached hydrogens (tertiary/aromatic N) is 2. The van der Waals surface area contributed by atoms with Gasteiger partial charge in [0, 0.05) is 59.9 Å². The molecule has 0 bridgehead atoms. The molecule has 0 amide bonds. The molecule has 0 spiro atoms. The molecule has 4 nitrogen and oxygen atoms in total. The molecule has 0 fully saturated rings. The Morgan fingerprint density at radius 2 is 0.810 bits per heavy atom. The van der Waals surface area contributed by atoms with E-state index in [1.54, 1.807) is 0 Å². The van der Waals surface area contributed by atoms with Crippen LogP contribution in [0.25, 0.3) is 121 Å². The van der Waals surface area contributed by atoms with Crippen molar-refractivity contribution in [3.05, 3.63) is 194 Å². The Morgan fingerprint density at radius 3 is 1.55 bits per heavy atom. The van der Waals surface area contributed by atoms with E-state index in [4.69, 9.17) is 8.83 Å². The van der Waals surface area contributed by atoms with Gasteiger partial charge in [0.25, 0.3) is 0 Å². The highest BCUT2D eigenvalue weighted by molar-refractivity contribution is 6.20. The van der Waals surface area contributed by atoms with Gasteiger partial charge in [-0.3, -0.25) is 0 Å². The monoisotopic (exact) mass is 740 g/mol. The molecule has 0 aliphatic heterocycles. The number of fused-ring (bicyclic) bond motifs is 12. The van der Waals surface area contributed by atoms with Gasteiger partial charge in [0.1, 0.15) is 16.7 Å². The smallest absolute Gasteiger partial charge is 0.159 e. The summed E-state index contributed by atoms with van der Waals surface area (Å²) in [5.74, 6) is 0. The molecule has 13 aromatic rings. The van der Waals surface area contributed by atoms with E-state index in [9.17, 15) is 0 Å². The topological polar surface area (TPSA) is 36.1 Å². The Morgan fingerprint density at radius 1 is 0.293 bits per heavy atom. The molecule has 4 aromatic heterocycles. The van der Waals surface area contributed by atoms with Crippen LogP contribution in [-0.2, 0) is 0 Å². The van der Waals surface area contributed by atoms with E-state index < -0.39 is 0 Å². The number of hydrogen-bond acceptors (Lipinski definition) is 2. The molecule has 270 valence electrons. The summed E-state index contributed by atoms with van der Waals surface area (Å²) in [5, 5.41) is 9.19. The Balaban J connectivity index is 1.22. The minimum atomic E-state index is 0.869. The molecule has 13 rings (SSSR count). The summed E-state index contributed by atoms with van der Waals surface area (Å²) >= 11 is 0. The molecule has 0 aliphatic carbocycles. The van der Waals surface area contributed by atoms with Gasteiger partial charge < -0.3 is 18.0 Å². The van der Waals surface area contributed by atoms with Gasteiger partial charge in [-0.25, -0.2) is 0 Å². The highest BCUT2D eigenvalue weighted by atomic mass is 16.3. The highest BCUT2D eigenvalue weighted by Gasteiger charge is 2.25. The lowest BCUT2D eigenvalue weighted by atomic mass is 9.90. The van der Waals surface area contributed by atoms with Crippen LogP contribution in [0.4, 0.5) is 0 Å². The fraction of sp³-hybridized carbons (Fsp3) is 0. The second kappa shape index (κ2) is 11.8. The Kier molecular flexibility index (Phi) is 6.41. The normalized spacial score (nSPS) is 12.1. The summed E-state index contributed by atoms with van der Waals surface area (Å²) in [6.45, 7) is 0. The third-order valence-electron chi connectivity index (χ3n) is 12.1. The molecule has 9 aromatic carbocycles. The van der Waals surface area contributed by atoms with E-state index in [-0.39, 0.29) is 0 Å². The molecule has 0 aliphatic rings. The van der Waals surface area contributed by atoms with Crippen molar-refractivity contribution in [1.29, 1.82) is 0 Å². The maximum Gasteiger partial charge on any atom is 0.159 e. The van der Waals surface area contributed by atoms with Crippen molar-refractivity contribution >= 4 is 87.5 Å². The first kappa shape index (κ1) is 31.4. The van der Waals surface area contributed by atoms with E-state index in [1.165, 1.54) is 21.5 Å². The van der Waals surface area contributed by atoms with E-state index in [1.807, 2.05) is 12.1 Å². The Labute approximate surface area is 332 Å².